The van der Waals surface area contributed by atoms with Crippen molar-refractivity contribution in [2.45, 2.75) is 39.2 Å². The normalized spacial score (nSPS) is 10.9. The van der Waals surface area contributed by atoms with E-state index in [-0.39, 0.29) is 11.8 Å². The van der Waals surface area contributed by atoms with Gasteiger partial charge in [0.2, 0.25) is 0 Å². The number of carbonyl (C=O) groups is 1. The first-order valence-electron chi connectivity index (χ1n) is 7.24. The van der Waals surface area contributed by atoms with Crippen LogP contribution >= 0.6 is 11.6 Å². The summed E-state index contributed by atoms with van der Waals surface area (Å²) in [5.74, 6) is -0.261. The van der Waals surface area contributed by atoms with E-state index in [1.165, 1.54) is 0 Å². The smallest absolute Gasteiger partial charge is 0.335 e. The van der Waals surface area contributed by atoms with E-state index in [9.17, 15) is 4.79 Å². The number of hydrogen-bond acceptors (Lipinski definition) is 3. The van der Waals surface area contributed by atoms with Gasteiger partial charge in [0.15, 0.2) is 5.15 Å². The van der Waals surface area contributed by atoms with Crippen LogP contribution in [0.15, 0.2) is 18.2 Å². The number of aromatic nitrogens is 2. The van der Waals surface area contributed by atoms with Crippen molar-refractivity contribution in [1.29, 1.82) is 0 Å². The average Bonchev–Trinajstić information content (AvgIpc) is 2.85. The number of aryl methyl sites for hydroxylation is 1. The third-order valence-corrected chi connectivity index (χ3v) is 3.86. The van der Waals surface area contributed by atoms with Gasteiger partial charge < -0.3 is 15.2 Å². The lowest BCUT2D eigenvalue weighted by molar-refractivity contribution is 0.0696. The van der Waals surface area contributed by atoms with Crippen molar-refractivity contribution < 1.29 is 15.0 Å². The quantitative estimate of drug-likeness (QED) is 0.730. The Morgan fingerprint density at radius 3 is 2.73 bits per heavy atom. The highest BCUT2D eigenvalue weighted by Crippen LogP contribution is 2.20. The minimum absolute atomic E-state index is 0.188. The van der Waals surface area contributed by atoms with E-state index in [0.717, 1.165) is 30.4 Å². The first kappa shape index (κ1) is 16.5. The second-order valence-electron chi connectivity index (χ2n) is 5.18. The van der Waals surface area contributed by atoms with E-state index in [4.69, 9.17) is 21.8 Å². The molecule has 6 heteroatoms. The van der Waals surface area contributed by atoms with Crippen LogP contribution in [-0.2, 0) is 19.4 Å². The molecule has 0 spiro atoms. The maximum Gasteiger partial charge on any atom is 0.335 e. The van der Waals surface area contributed by atoms with Crippen LogP contribution in [0.3, 0.4) is 0 Å². The molecule has 3 N–H and O–H groups in total. The van der Waals surface area contributed by atoms with E-state index in [0.29, 0.717) is 23.5 Å². The summed E-state index contributed by atoms with van der Waals surface area (Å²) in [5.41, 5.74) is 2.82. The summed E-state index contributed by atoms with van der Waals surface area (Å²) in [6, 6.07) is 5.15. The number of benzene rings is 1. The van der Waals surface area contributed by atoms with Gasteiger partial charge >= 0.3 is 5.97 Å². The molecule has 5 nitrogen and oxygen atoms in total. The zero-order chi connectivity index (χ0) is 16.1. The standard InChI is InChI=1S/C16H19ClN2O3/c1-2-3-4-10-7-12(16(21)22)6-5-11(10)8-14-18-13(9-20)15(17)19-14/h5-7,20H,2-4,8-9H2,1H3,(H,18,19)(H,21,22). The maximum absolute atomic E-state index is 11.1. The summed E-state index contributed by atoms with van der Waals surface area (Å²) in [4.78, 5) is 18.3. The fraction of sp³-hybridized carbons (Fsp3) is 0.375. The predicted octanol–water partition coefficient (Wildman–Crippen LogP) is 3.19. The molecule has 0 radical (unpaired) electrons. The maximum atomic E-state index is 11.1. The Kier molecular flexibility index (Phi) is 5.57. The number of halogens is 1. The number of nitrogens with zero attached hydrogens (tertiary/aromatic N) is 1. The van der Waals surface area contributed by atoms with Crippen LogP contribution in [0.1, 0.15) is 52.8 Å². The largest absolute Gasteiger partial charge is 0.478 e. The first-order chi connectivity index (χ1) is 10.5. The third-order valence-electron chi connectivity index (χ3n) is 3.55. The second kappa shape index (κ2) is 7.42. The zero-order valence-corrected chi connectivity index (χ0v) is 13.2. The summed E-state index contributed by atoms with van der Waals surface area (Å²) in [5, 5.41) is 18.5. The average molecular weight is 323 g/mol. The number of aliphatic hydroxyl groups excluding tert-OH is 1. The van der Waals surface area contributed by atoms with E-state index < -0.39 is 5.97 Å². The van der Waals surface area contributed by atoms with E-state index in [1.54, 1.807) is 12.1 Å². The number of nitrogens with one attached hydrogen (secondary N) is 1. The molecule has 0 aliphatic carbocycles. The number of aromatic amines is 1. The molecule has 1 heterocycles. The van der Waals surface area contributed by atoms with Gasteiger partial charge in [-0.1, -0.05) is 31.0 Å². The lowest BCUT2D eigenvalue weighted by Crippen LogP contribution is -2.03. The number of aromatic carboxylic acids is 1. The summed E-state index contributed by atoms with van der Waals surface area (Å²) in [7, 11) is 0. The molecule has 118 valence electrons. The van der Waals surface area contributed by atoms with Crippen molar-refractivity contribution in [3.8, 4) is 0 Å². The number of imidazole rings is 1. The number of rotatable bonds is 7. The molecule has 0 aliphatic rings. The number of carboxylic acids is 1. The number of carboxylic acid groups (broad SMARTS) is 1. The molecule has 0 saturated heterocycles. The molecule has 0 unspecified atom stereocenters. The van der Waals surface area contributed by atoms with Gasteiger partial charge in [0, 0.05) is 6.42 Å². The lowest BCUT2D eigenvalue weighted by atomic mass is 9.97. The van der Waals surface area contributed by atoms with Crippen LogP contribution in [0.4, 0.5) is 0 Å². The molecule has 0 atom stereocenters. The molecule has 1 aromatic heterocycles. The molecule has 2 rings (SSSR count). The topological polar surface area (TPSA) is 86.2 Å². The molecular weight excluding hydrogens is 304 g/mol. The third kappa shape index (κ3) is 3.87. The zero-order valence-electron chi connectivity index (χ0n) is 12.4. The Bertz CT molecular complexity index is 667. The molecule has 0 aliphatic heterocycles. The molecule has 0 fully saturated rings. The van der Waals surface area contributed by atoms with E-state index in [2.05, 4.69) is 16.9 Å². The van der Waals surface area contributed by atoms with E-state index in [1.807, 2.05) is 6.07 Å². The Balaban J connectivity index is 2.29. The number of unbranched alkanes of at least 4 members (excludes halogenated alkanes) is 1. The SMILES string of the molecule is CCCCc1cc(C(=O)O)ccc1Cc1nc(Cl)c(CO)[nH]1. The predicted molar refractivity (Wildman–Crippen MR) is 84.3 cm³/mol. The van der Waals surface area contributed by atoms with Crippen molar-refractivity contribution in [3.05, 3.63) is 51.6 Å². The number of hydrogen-bond donors (Lipinski definition) is 3. The highest BCUT2D eigenvalue weighted by atomic mass is 35.5. The van der Waals surface area contributed by atoms with Crippen molar-refractivity contribution in [3.63, 3.8) is 0 Å². The molecular formula is C16H19ClN2O3. The summed E-state index contributed by atoms with van der Waals surface area (Å²) < 4.78 is 0. The summed E-state index contributed by atoms with van der Waals surface area (Å²) >= 11 is 5.92. The second-order valence-corrected chi connectivity index (χ2v) is 5.54. The number of H-pyrrole nitrogens is 1. The van der Waals surface area contributed by atoms with Gasteiger partial charge in [0.05, 0.1) is 17.9 Å². The fourth-order valence-corrected chi connectivity index (χ4v) is 2.55. The molecule has 0 bridgehead atoms. The van der Waals surface area contributed by atoms with Gasteiger partial charge in [-0.2, -0.15) is 0 Å². The van der Waals surface area contributed by atoms with Crippen LogP contribution in [0.25, 0.3) is 0 Å². The van der Waals surface area contributed by atoms with Gasteiger partial charge in [0.1, 0.15) is 5.82 Å². The van der Waals surface area contributed by atoms with Crippen LogP contribution in [-0.4, -0.2) is 26.2 Å². The fourth-order valence-electron chi connectivity index (χ4n) is 2.34. The Labute approximate surface area is 134 Å². The highest BCUT2D eigenvalue weighted by molar-refractivity contribution is 6.30. The first-order valence-corrected chi connectivity index (χ1v) is 7.62. The van der Waals surface area contributed by atoms with Gasteiger partial charge in [-0.15, -0.1) is 0 Å². The van der Waals surface area contributed by atoms with Crippen molar-refractivity contribution >= 4 is 17.6 Å². The van der Waals surface area contributed by atoms with Crippen LogP contribution in [0.5, 0.6) is 0 Å². The van der Waals surface area contributed by atoms with Crippen LogP contribution in [0.2, 0.25) is 5.15 Å². The Morgan fingerprint density at radius 1 is 1.36 bits per heavy atom. The monoisotopic (exact) mass is 322 g/mol. The molecule has 22 heavy (non-hydrogen) atoms. The van der Waals surface area contributed by atoms with Gasteiger partial charge in [-0.05, 0) is 36.1 Å². The van der Waals surface area contributed by atoms with Gasteiger partial charge in [-0.25, -0.2) is 9.78 Å². The minimum Gasteiger partial charge on any atom is -0.478 e. The molecule has 0 saturated carbocycles. The molecule has 1 aromatic carbocycles. The summed E-state index contributed by atoms with van der Waals surface area (Å²) in [6.45, 7) is 1.91. The van der Waals surface area contributed by atoms with Gasteiger partial charge in [0.25, 0.3) is 0 Å². The van der Waals surface area contributed by atoms with Crippen molar-refractivity contribution in [2.75, 3.05) is 0 Å². The minimum atomic E-state index is -0.923. The summed E-state index contributed by atoms with van der Waals surface area (Å²) in [6.07, 6.45) is 3.39. The lowest BCUT2D eigenvalue weighted by Gasteiger charge is -2.09. The number of aliphatic hydroxyl groups is 1. The van der Waals surface area contributed by atoms with Gasteiger partial charge in [-0.3, -0.25) is 0 Å². The van der Waals surface area contributed by atoms with E-state index >= 15 is 0 Å². The Morgan fingerprint density at radius 2 is 2.14 bits per heavy atom. The van der Waals surface area contributed by atoms with Crippen molar-refractivity contribution in [2.24, 2.45) is 0 Å². The van der Waals surface area contributed by atoms with Crippen LogP contribution in [0, 0.1) is 0 Å². The van der Waals surface area contributed by atoms with Crippen molar-refractivity contribution in [1.82, 2.24) is 9.97 Å². The van der Waals surface area contributed by atoms with Crippen LogP contribution < -0.4 is 0 Å². The Hall–Kier alpha value is -1.85. The molecule has 2 aromatic rings. The molecule has 0 amide bonds. The highest BCUT2D eigenvalue weighted by Gasteiger charge is 2.12.